The zero-order valence-corrected chi connectivity index (χ0v) is 19.3. The quantitative estimate of drug-likeness (QED) is 0.622. The van der Waals surface area contributed by atoms with E-state index in [2.05, 4.69) is 10.2 Å². The van der Waals surface area contributed by atoms with E-state index in [0.29, 0.717) is 23.5 Å². The molecule has 10 heteroatoms. The first-order chi connectivity index (χ1) is 13.8. The normalized spacial score (nSPS) is 13.8. The number of amides is 1. The van der Waals surface area contributed by atoms with E-state index in [1.54, 1.807) is 25.1 Å². The Bertz CT molecular complexity index is 1010. The highest BCUT2D eigenvalue weighted by atomic mass is 35.5. The van der Waals surface area contributed by atoms with Gasteiger partial charge < -0.3 is 15.0 Å². The third kappa shape index (κ3) is 5.60. The van der Waals surface area contributed by atoms with Crippen LogP contribution in [0.5, 0.6) is 0 Å². The summed E-state index contributed by atoms with van der Waals surface area (Å²) in [4.78, 5) is 28.3. The maximum atomic E-state index is 12.5. The molecule has 1 aromatic carbocycles. The average Bonchev–Trinajstić information content (AvgIpc) is 3.04. The second-order valence-corrected chi connectivity index (χ2v) is 10.1. The summed E-state index contributed by atoms with van der Waals surface area (Å²) in [5.41, 5.74) is 1.32. The highest BCUT2D eigenvalue weighted by Crippen LogP contribution is 2.37. The highest BCUT2D eigenvalue weighted by molar-refractivity contribution is 7.91. The third-order valence-electron chi connectivity index (χ3n) is 4.68. The largest absolute Gasteiger partial charge is 0.462 e. The Morgan fingerprint density at radius 2 is 1.93 bits per heavy atom. The van der Waals surface area contributed by atoms with E-state index in [9.17, 15) is 18.0 Å². The van der Waals surface area contributed by atoms with Gasteiger partial charge in [0.2, 0.25) is 5.91 Å². The number of anilines is 1. The van der Waals surface area contributed by atoms with Gasteiger partial charge in [0.05, 0.1) is 22.8 Å². The van der Waals surface area contributed by atoms with E-state index < -0.39 is 21.7 Å². The molecule has 164 valence electrons. The molecule has 0 atom stereocenters. The second kappa shape index (κ2) is 10.4. The number of carbonyl (C=O) groups excluding carboxylic acids is 2. The van der Waals surface area contributed by atoms with Gasteiger partial charge in [-0.3, -0.25) is 4.79 Å². The number of likely N-dealkylation sites (N-methyl/N-ethyl adjacent to an activating group) is 1. The fourth-order valence-corrected chi connectivity index (χ4v) is 5.79. The topological polar surface area (TPSA) is 92.8 Å². The molecule has 7 nitrogen and oxygen atoms in total. The minimum Gasteiger partial charge on any atom is -0.462 e. The average molecular weight is 473 g/mol. The molecule has 0 unspecified atom stereocenters. The number of rotatable bonds is 7. The van der Waals surface area contributed by atoms with Crippen LogP contribution in [0.1, 0.15) is 34.1 Å². The first-order valence-electron chi connectivity index (χ1n) is 9.39. The molecule has 3 rings (SSSR count). The Morgan fingerprint density at radius 3 is 2.60 bits per heavy atom. The fourth-order valence-electron chi connectivity index (χ4n) is 3.20. The number of ether oxygens (including phenoxy) is 1. The summed E-state index contributed by atoms with van der Waals surface area (Å²) in [6.45, 7) is 3.49. The lowest BCUT2D eigenvalue weighted by Crippen LogP contribution is -2.26. The molecule has 0 saturated carbocycles. The van der Waals surface area contributed by atoms with Gasteiger partial charge in [-0.15, -0.1) is 23.7 Å². The van der Waals surface area contributed by atoms with Gasteiger partial charge in [0.1, 0.15) is 5.00 Å². The molecule has 1 aromatic heterocycles. The van der Waals surface area contributed by atoms with Gasteiger partial charge in [0.15, 0.2) is 9.84 Å². The molecule has 1 aliphatic rings. The van der Waals surface area contributed by atoms with Crippen molar-refractivity contribution in [2.24, 2.45) is 0 Å². The lowest BCUT2D eigenvalue weighted by atomic mass is 10.0. The summed E-state index contributed by atoms with van der Waals surface area (Å²) in [6, 6.07) is 8.04. The molecule has 0 aliphatic carbocycles. The van der Waals surface area contributed by atoms with Crippen molar-refractivity contribution < 1.29 is 22.7 Å². The molecule has 1 amide bonds. The van der Waals surface area contributed by atoms with Crippen LogP contribution in [-0.2, 0) is 32.3 Å². The van der Waals surface area contributed by atoms with Gasteiger partial charge in [0.25, 0.3) is 0 Å². The lowest BCUT2D eigenvalue weighted by Gasteiger charge is -2.22. The molecule has 0 bridgehead atoms. The van der Waals surface area contributed by atoms with Crippen LogP contribution >= 0.6 is 23.7 Å². The van der Waals surface area contributed by atoms with Crippen molar-refractivity contribution in [3.05, 3.63) is 46.3 Å². The number of halogens is 1. The number of thiophene rings is 1. The summed E-state index contributed by atoms with van der Waals surface area (Å²) < 4.78 is 30.0. The Balaban J connectivity index is 0.00000320. The molecule has 1 N–H and O–H groups in total. The zero-order chi connectivity index (χ0) is 21.0. The van der Waals surface area contributed by atoms with E-state index in [0.717, 1.165) is 17.0 Å². The number of nitrogens with one attached hydrogen (secondary N) is 1. The summed E-state index contributed by atoms with van der Waals surface area (Å²) >= 11 is 1.35. The Morgan fingerprint density at radius 1 is 1.23 bits per heavy atom. The SMILES string of the molecule is CCOC(=O)c1c(NC(=O)CCS(=O)(=O)c2ccccc2)sc2c1CCN(C)C2.Cl. The molecule has 2 heterocycles. The number of carbonyl (C=O) groups is 2. The van der Waals surface area contributed by atoms with Crippen LogP contribution in [0.15, 0.2) is 35.2 Å². The van der Waals surface area contributed by atoms with Crippen molar-refractivity contribution in [2.75, 3.05) is 31.3 Å². The van der Waals surface area contributed by atoms with Gasteiger partial charge in [-0.1, -0.05) is 18.2 Å². The van der Waals surface area contributed by atoms with Crippen LogP contribution < -0.4 is 5.32 Å². The molecular weight excluding hydrogens is 448 g/mol. The molecule has 0 radical (unpaired) electrons. The predicted octanol–water partition coefficient (Wildman–Crippen LogP) is 3.14. The first-order valence-corrected chi connectivity index (χ1v) is 11.9. The minimum atomic E-state index is -3.55. The van der Waals surface area contributed by atoms with Crippen molar-refractivity contribution in [2.45, 2.75) is 31.2 Å². The minimum absolute atomic E-state index is 0. The van der Waals surface area contributed by atoms with E-state index in [1.807, 2.05) is 7.05 Å². The number of hydrogen-bond donors (Lipinski definition) is 1. The van der Waals surface area contributed by atoms with Crippen LogP contribution in [0.3, 0.4) is 0 Å². The van der Waals surface area contributed by atoms with Gasteiger partial charge in [-0.25, -0.2) is 13.2 Å². The summed E-state index contributed by atoms with van der Waals surface area (Å²) in [6.07, 6.45) is 0.511. The van der Waals surface area contributed by atoms with E-state index >= 15 is 0 Å². The van der Waals surface area contributed by atoms with Crippen LogP contribution in [-0.4, -0.2) is 51.1 Å². The zero-order valence-electron chi connectivity index (χ0n) is 16.8. The van der Waals surface area contributed by atoms with Crippen molar-refractivity contribution in [1.82, 2.24) is 4.90 Å². The van der Waals surface area contributed by atoms with E-state index in [4.69, 9.17) is 4.74 Å². The molecule has 0 spiro atoms. The van der Waals surface area contributed by atoms with Gasteiger partial charge in [-0.2, -0.15) is 0 Å². The van der Waals surface area contributed by atoms with Crippen molar-refractivity contribution in [3.63, 3.8) is 0 Å². The molecule has 1 aliphatic heterocycles. The van der Waals surface area contributed by atoms with Crippen molar-refractivity contribution in [3.8, 4) is 0 Å². The smallest absolute Gasteiger partial charge is 0.341 e. The monoisotopic (exact) mass is 472 g/mol. The number of hydrogen-bond acceptors (Lipinski definition) is 7. The van der Waals surface area contributed by atoms with Gasteiger partial charge >= 0.3 is 5.97 Å². The van der Waals surface area contributed by atoms with Gasteiger partial charge in [-0.05, 0) is 38.1 Å². The van der Waals surface area contributed by atoms with Crippen molar-refractivity contribution in [1.29, 1.82) is 0 Å². The molecular formula is C20H25ClN2O5S2. The van der Waals surface area contributed by atoms with Crippen molar-refractivity contribution >= 4 is 50.5 Å². The number of benzene rings is 1. The molecule has 2 aromatic rings. The number of nitrogens with zero attached hydrogens (tertiary/aromatic N) is 1. The maximum Gasteiger partial charge on any atom is 0.341 e. The van der Waals surface area contributed by atoms with Crippen LogP contribution in [0.2, 0.25) is 0 Å². The number of esters is 1. The molecule has 0 fully saturated rings. The second-order valence-electron chi connectivity index (χ2n) is 6.85. The van der Waals surface area contributed by atoms with Gasteiger partial charge in [0, 0.05) is 24.4 Å². The Labute approximate surface area is 186 Å². The van der Waals surface area contributed by atoms with Crippen LogP contribution in [0.4, 0.5) is 5.00 Å². The van der Waals surface area contributed by atoms with Crippen LogP contribution in [0, 0.1) is 0 Å². The molecule has 30 heavy (non-hydrogen) atoms. The Hall–Kier alpha value is -1.94. The highest BCUT2D eigenvalue weighted by Gasteiger charge is 2.28. The molecule has 0 saturated heterocycles. The maximum absolute atomic E-state index is 12.5. The summed E-state index contributed by atoms with van der Waals surface area (Å²) in [5.74, 6) is -1.20. The van der Waals surface area contributed by atoms with E-state index in [-0.39, 0.29) is 36.1 Å². The predicted molar refractivity (Wildman–Crippen MR) is 119 cm³/mol. The number of fused-ring (bicyclic) bond motifs is 1. The Kier molecular flexibility index (Phi) is 8.42. The third-order valence-corrected chi connectivity index (χ3v) is 7.54. The standard InChI is InChI=1S/C20H24N2O5S2.ClH/c1-3-27-20(24)18-15-9-11-22(2)13-16(15)28-19(18)21-17(23)10-12-29(25,26)14-7-5-4-6-8-14;/h4-8H,3,9-13H2,1-2H3,(H,21,23);1H. The summed E-state index contributed by atoms with van der Waals surface area (Å²) in [5, 5.41) is 3.18. The number of sulfone groups is 1. The summed E-state index contributed by atoms with van der Waals surface area (Å²) in [7, 11) is -1.55. The fraction of sp³-hybridized carbons (Fsp3) is 0.400. The first kappa shape index (κ1) is 24.3. The van der Waals surface area contributed by atoms with E-state index in [1.165, 1.54) is 23.5 Å². The van der Waals surface area contributed by atoms with Crippen LogP contribution in [0.25, 0.3) is 0 Å². The lowest BCUT2D eigenvalue weighted by molar-refractivity contribution is -0.115.